The van der Waals surface area contributed by atoms with Crippen LogP contribution in [0, 0.1) is 0 Å². The van der Waals surface area contributed by atoms with Crippen molar-refractivity contribution in [2.45, 2.75) is 18.1 Å². The summed E-state index contributed by atoms with van der Waals surface area (Å²) in [6.45, 7) is 3.96. The minimum atomic E-state index is -0.989. The lowest BCUT2D eigenvalue weighted by Gasteiger charge is -2.13. The number of aromatic nitrogens is 1. The fraction of sp³-hybridized carbons (Fsp3) is 0.357. The second-order valence-electron chi connectivity index (χ2n) is 4.75. The van der Waals surface area contributed by atoms with Gasteiger partial charge in [-0.05, 0) is 0 Å². The number of hydrogen-bond donors (Lipinski definition) is 2. The monoisotopic (exact) mass is 368 g/mol. The van der Waals surface area contributed by atoms with E-state index in [9.17, 15) is 14.4 Å². The average molecular weight is 368 g/mol. The van der Waals surface area contributed by atoms with Crippen LogP contribution in [0.25, 0.3) is 0 Å². The smallest absolute Gasteiger partial charge is 0.305 e. The van der Waals surface area contributed by atoms with Crippen molar-refractivity contribution in [3.8, 4) is 0 Å². The third-order valence-electron chi connectivity index (χ3n) is 2.97. The SMILES string of the molecule is C=CCN1C(=O)C(CC(=O)NCCC(=O)O)SC1=Nc1nccs1. The molecule has 2 rings (SSSR count). The van der Waals surface area contributed by atoms with Gasteiger partial charge < -0.3 is 10.4 Å². The van der Waals surface area contributed by atoms with Gasteiger partial charge in [0.2, 0.25) is 16.9 Å². The minimum absolute atomic E-state index is 0.0341. The van der Waals surface area contributed by atoms with Crippen molar-refractivity contribution in [3.05, 3.63) is 24.2 Å². The molecule has 1 aromatic heterocycles. The van der Waals surface area contributed by atoms with E-state index in [1.165, 1.54) is 28.0 Å². The van der Waals surface area contributed by atoms with Crippen molar-refractivity contribution in [1.82, 2.24) is 15.2 Å². The number of aliphatic carboxylic acids is 1. The maximum Gasteiger partial charge on any atom is 0.305 e. The Labute approximate surface area is 146 Å². The maximum absolute atomic E-state index is 12.4. The highest BCUT2D eigenvalue weighted by molar-refractivity contribution is 8.15. The third kappa shape index (κ3) is 4.90. The number of carbonyl (C=O) groups is 3. The Hall–Kier alpha value is -2.20. The Kier molecular flexibility index (Phi) is 6.50. The van der Waals surface area contributed by atoms with Gasteiger partial charge in [-0.2, -0.15) is 4.99 Å². The van der Waals surface area contributed by atoms with Crippen LogP contribution in [0.2, 0.25) is 0 Å². The van der Waals surface area contributed by atoms with Gasteiger partial charge in [-0.1, -0.05) is 17.8 Å². The largest absolute Gasteiger partial charge is 0.481 e. The molecule has 24 heavy (non-hydrogen) atoms. The zero-order valence-corrected chi connectivity index (χ0v) is 14.3. The van der Waals surface area contributed by atoms with Crippen LogP contribution >= 0.6 is 23.1 Å². The summed E-state index contributed by atoms with van der Waals surface area (Å²) in [5.41, 5.74) is 0. The lowest BCUT2D eigenvalue weighted by atomic mass is 10.2. The molecule has 2 amide bonds. The zero-order chi connectivity index (χ0) is 17.5. The van der Waals surface area contributed by atoms with Gasteiger partial charge in [0.25, 0.3) is 0 Å². The third-order valence-corrected chi connectivity index (χ3v) is 4.81. The van der Waals surface area contributed by atoms with Crippen molar-refractivity contribution in [1.29, 1.82) is 0 Å². The molecule has 0 aliphatic carbocycles. The number of carboxylic acid groups (broad SMARTS) is 1. The minimum Gasteiger partial charge on any atom is -0.481 e. The van der Waals surface area contributed by atoms with E-state index in [0.29, 0.717) is 16.8 Å². The summed E-state index contributed by atoms with van der Waals surface area (Å²) in [5.74, 6) is -1.57. The predicted octanol–water partition coefficient (Wildman–Crippen LogP) is 1.24. The van der Waals surface area contributed by atoms with Crippen LogP contribution in [0.15, 0.2) is 29.2 Å². The van der Waals surface area contributed by atoms with Crippen LogP contribution in [0.1, 0.15) is 12.8 Å². The molecule has 1 aliphatic heterocycles. The van der Waals surface area contributed by atoms with Crippen LogP contribution in [0.3, 0.4) is 0 Å². The summed E-state index contributed by atoms with van der Waals surface area (Å²) in [6.07, 6.45) is 3.02. The highest BCUT2D eigenvalue weighted by Crippen LogP contribution is 2.31. The molecule has 1 atom stereocenters. The highest BCUT2D eigenvalue weighted by Gasteiger charge is 2.38. The summed E-state index contributed by atoms with van der Waals surface area (Å²) in [7, 11) is 0. The van der Waals surface area contributed by atoms with Gasteiger partial charge in [0.15, 0.2) is 5.17 Å². The molecule has 2 N–H and O–H groups in total. The molecule has 0 radical (unpaired) electrons. The molecular weight excluding hydrogens is 352 g/mol. The van der Waals surface area contributed by atoms with Crippen molar-refractivity contribution < 1.29 is 19.5 Å². The number of carboxylic acids is 1. The maximum atomic E-state index is 12.4. The molecule has 1 aliphatic rings. The number of carbonyl (C=O) groups excluding carboxylic acids is 2. The summed E-state index contributed by atoms with van der Waals surface area (Å²) in [5, 5.41) is 13.3. The number of thiazole rings is 1. The van der Waals surface area contributed by atoms with Crippen LogP contribution < -0.4 is 5.32 Å². The molecule has 1 saturated heterocycles. The van der Waals surface area contributed by atoms with Gasteiger partial charge in [-0.25, -0.2) is 4.98 Å². The number of amides is 2. The van der Waals surface area contributed by atoms with E-state index in [1.807, 2.05) is 0 Å². The summed E-state index contributed by atoms with van der Waals surface area (Å²) in [4.78, 5) is 44.6. The van der Waals surface area contributed by atoms with Gasteiger partial charge >= 0.3 is 5.97 Å². The molecule has 1 aromatic rings. The number of nitrogens with zero attached hydrogens (tertiary/aromatic N) is 3. The second-order valence-corrected chi connectivity index (χ2v) is 6.79. The molecule has 0 aromatic carbocycles. The average Bonchev–Trinajstić information content (AvgIpc) is 3.11. The molecule has 1 fully saturated rings. The first-order valence-corrected chi connectivity index (χ1v) is 8.82. The summed E-state index contributed by atoms with van der Waals surface area (Å²) in [6, 6.07) is 0. The van der Waals surface area contributed by atoms with Crippen molar-refractivity contribution >= 4 is 51.2 Å². The Balaban J connectivity index is 2.01. The molecule has 2 heterocycles. The Morgan fingerprint density at radius 2 is 2.33 bits per heavy atom. The molecule has 128 valence electrons. The highest BCUT2D eigenvalue weighted by atomic mass is 32.2. The molecule has 0 bridgehead atoms. The number of amidine groups is 1. The Morgan fingerprint density at radius 1 is 1.54 bits per heavy atom. The fourth-order valence-corrected chi connectivity index (χ4v) is 3.63. The quantitative estimate of drug-likeness (QED) is 0.668. The first-order valence-electron chi connectivity index (χ1n) is 7.07. The lowest BCUT2D eigenvalue weighted by Crippen LogP contribution is -2.35. The van der Waals surface area contributed by atoms with Crippen molar-refractivity contribution in [2.24, 2.45) is 4.99 Å². The predicted molar refractivity (Wildman–Crippen MR) is 92.4 cm³/mol. The summed E-state index contributed by atoms with van der Waals surface area (Å²) < 4.78 is 0. The molecule has 0 saturated carbocycles. The van der Waals surface area contributed by atoms with Gasteiger partial charge in [0.05, 0.1) is 6.42 Å². The number of thioether (sulfide) groups is 1. The Bertz CT molecular complexity index is 660. The van der Waals surface area contributed by atoms with E-state index in [0.717, 1.165) is 0 Å². The molecule has 8 nitrogen and oxygen atoms in total. The van der Waals surface area contributed by atoms with E-state index in [-0.39, 0.29) is 31.2 Å². The van der Waals surface area contributed by atoms with E-state index in [2.05, 4.69) is 21.9 Å². The number of rotatable bonds is 8. The number of hydrogen-bond acceptors (Lipinski definition) is 7. The normalized spacial score (nSPS) is 18.8. The first-order chi connectivity index (χ1) is 11.5. The van der Waals surface area contributed by atoms with Crippen LogP contribution in [0.5, 0.6) is 0 Å². The van der Waals surface area contributed by atoms with E-state index in [4.69, 9.17) is 5.11 Å². The van der Waals surface area contributed by atoms with Gasteiger partial charge in [0, 0.05) is 31.1 Å². The number of aliphatic imine (C=N–C) groups is 1. The van der Waals surface area contributed by atoms with Crippen LogP contribution in [-0.4, -0.2) is 56.3 Å². The van der Waals surface area contributed by atoms with E-state index >= 15 is 0 Å². The zero-order valence-electron chi connectivity index (χ0n) is 12.7. The van der Waals surface area contributed by atoms with Crippen molar-refractivity contribution in [2.75, 3.05) is 13.1 Å². The Morgan fingerprint density at radius 3 is 2.96 bits per heavy atom. The molecule has 0 spiro atoms. The van der Waals surface area contributed by atoms with Gasteiger partial charge in [-0.15, -0.1) is 17.9 Å². The second kappa shape index (κ2) is 8.60. The standard InChI is InChI=1S/C14H16N4O4S2/c1-2-6-18-12(22)9(8-10(19)15-4-3-11(20)21)24-14(18)17-13-16-5-7-23-13/h2,5,7,9H,1,3-4,6,8H2,(H,15,19)(H,20,21). The van der Waals surface area contributed by atoms with Crippen molar-refractivity contribution in [3.63, 3.8) is 0 Å². The van der Waals surface area contributed by atoms with Gasteiger partial charge in [-0.3, -0.25) is 19.3 Å². The first kappa shape index (κ1) is 18.1. The molecular formula is C14H16N4O4S2. The molecule has 1 unspecified atom stereocenters. The number of nitrogens with one attached hydrogen (secondary N) is 1. The lowest BCUT2D eigenvalue weighted by molar-refractivity contribution is -0.137. The fourth-order valence-electron chi connectivity index (χ4n) is 1.92. The van der Waals surface area contributed by atoms with Crippen LogP contribution in [0.4, 0.5) is 5.13 Å². The van der Waals surface area contributed by atoms with Crippen LogP contribution in [-0.2, 0) is 14.4 Å². The van der Waals surface area contributed by atoms with Gasteiger partial charge in [0.1, 0.15) is 5.25 Å². The van der Waals surface area contributed by atoms with E-state index < -0.39 is 11.2 Å². The van der Waals surface area contributed by atoms with E-state index in [1.54, 1.807) is 17.7 Å². The summed E-state index contributed by atoms with van der Waals surface area (Å²) >= 11 is 2.55. The topological polar surface area (TPSA) is 112 Å². The molecule has 10 heteroatoms.